The van der Waals surface area contributed by atoms with E-state index in [4.69, 9.17) is 15.2 Å². The molecule has 160 valence electrons. The highest BCUT2D eigenvalue weighted by atomic mass is 16.5. The van der Waals surface area contributed by atoms with E-state index in [1.165, 1.54) is 14.2 Å². The Balaban J connectivity index is 1.50. The zero-order valence-corrected chi connectivity index (χ0v) is 17.3. The van der Waals surface area contributed by atoms with Gasteiger partial charge in [0, 0.05) is 30.3 Å². The van der Waals surface area contributed by atoms with Gasteiger partial charge in [-0.3, -0.25) is 9.59 Å². The number of pyridine rings is 1. The highest BCUT2D eigenvalue weighted by Gasteiger charge is 2.28. The largest absolute Gasteiger partial charge is 0.493 e. The number of methoxy groups -OCH3 is 2. The summed E-state index contributed by atoms with van der Waals surface area (Å²) in [5.74, 6) is 1.10. The molecule has 2 amide bonds. The molecule has 1 aliphatic carbocycles. The fourth-order valence-electron chi connectivity index (χ4n) is 3.76. The van der Waals surface area contributed by atoms with Gasteiger partial charge in [0.15, 0.2) is 11.5 Å². The summed E-state index contributed by atoms with van der Waals surface area (Å²) in [7, 11) is 3.05. The molecular formula is C22H28N4O4. The van der Waals surface area contributed by atoms with E-state index < -0.39 is 0 Å². The third-order valence-corrected chi connectivity index (χ3v) is 5.46. The zero-order valence-electron chi connectivity index (χ0n) is 17.3. The molecule has 4 N–H and O–H groups in total. The number of para-hydroxylation sites is 1. The van der Waals surface area contributed by atoms with Gasteiger partial charge in [-0.05, 0) is 43.9 Å². The summed E-state index contributed by atoms with van der Waals surface area (Å²) < 4.78 is 10.6. The second kappa shape index (κ2) is 9.96. The fraction of sp³-hybridized carbons (Fsp3) is 0.409. The average Bonchev–Trinajstić information content (AvgIpc) is 2.78. The lowest BCUT2D eigenvalue weighted by atomic mass is 9.85. The first-order valence-corrected chi connectivity index (χ1v) is 10.0. The summed E-state index contributed by atoms with van der Waals surface area (Å²) >= 11 is 0. The Morgan fingerprint density at radius 2 is 1.87 bits per heavy atom. The van der Waals surface area contributed by atoms with Crippen molar-refractivity contribution in [2.75, 3.05) is 20.0 Å². The van der Waals surface area contributed by atoms with Gasteiger partial charge in [0.25, 0.3) is 5.91 Å². The quantitative estimate of drug-likeness (QED) is 0.643. The lowest BCUT2D eigenvalue weighted by Crippen LogP contribution is -2.40. The molecule has 2 aromatic rings. The van der Waals surface area contributed by atoms with Crippen molar-refractivity contribution < 1.29 is 19.1 Å². The van der Waals surface area contributed by atoms with Crippen molar-refractivity contribution in [3.05, 3.63) is 47.7 Å². The van der Waals surface area contributed by atoms with E-state index in [-0.39, 0.29) is 23.8 Å². The molecule has 8 nitrogen and oxygen atoms in total. The van der Waals surface area contributed by atoms with Crippen molar-refractivity contribution in [1.82, 2.24) is 15.6 Å². The number of carbonyl (C=O) groups excluding carboxylic acids is 2. The van der Waals surface area contributed by atoms with Crippen LogP contribution in [0.3, 0.4) is 0 Å². The Hall–Kier alpha value is -3.29. The molecular weight excluding hydrogens is 384 g/mol. The van der Waals surface area contributed by atoms with Gasteiger partial charge in [-0.15, -0.1) is 0 Å². The molecule has 1 saturated carbocycles. The van der Waals surface area contributed by atoms with Crippen molar-refractivity contribution >= 4 is 17.6 Å². The monoisotopic (exact) mass is 412 g/mol. The maximum Gasteiger partial charge on any atom is 0.255 e. The van der Waals surface area contributed by atoms with E-state index in [0.717, 1.165) is 18.4 Å². The number of nitrogen functional groups attached to an aromatic ring is 1. The van der Waals surface area contributed by atoms with Gasteiger partial charge in [-0.2, -0.15) is 0 Å². The van der Waals surface area contributed by atoms with Crippen molar-refractivity contribution in [2.24, 2.45) is 5.92 Å². The molecule has 1 heterocycles. The lowest BCUT2D eigenvalue weighted by molar-refractivity contribution is -0.126. The summed E-state index contributed by atoms with van der Waals surface area (Å²) in [6.45, 7) is 0.366. The number of nitrogens with one attached hydrogen (secondary N) is 2. The van der Waals surface area contributed by atoms with Crippen LogP contribution in [0.1, 0.15) is 41.6 Å². The van der Waals surface area contributed by atoms with Crippen molar-refractivity contribution in [3.8, 4) is 11.5 Å². The Labute approximate surface area is 176 Å². The molecule has 0 saturated heterocycles. The molecule has 1 aromatic carbocycles. The summed E-state index contributed by atoms with van der Waals surface area (Å²) in [4.78, 5) is 29.2. The zero-order chi connectivity index (χ0) is 21.5. The number of nitrogens with zero attached hydrogens (tertiary/aromatic N) is 1. The van der Waals surface area contributed by atoms with Crippen LogP contribution in [0.4, 0.5) is 5.82 Å². The minimum atomic E-state index is -0.203. The number of amides is 2. The highest BCUT2D eigenvalue weighted by molar-refractivity contribution is 5.98. The van der Waals surface area contributed by atoms with Crippen LogP contribution in [0.25, 0.3) is 0 Å². The van der Waals surface area contributed by atoms with Gasteiger partial charge in [-0.25, -0.2) is 4.98 Å². The average molecular weight is 412 g/mol. The molecule has 3 rings (SSSR count). The summed E-state index contributed by atoms with van der Waals surface area (Å²) in [6, 6.07) is 8.88. The van der Waals surface area contributed by atoms with E-state index in [1.54, 1.807) is 30.5 Å². The van der Waals surface area contributed by atoms with Gasteiger partial charge >= 0.3 is 0 Å². The lowest BCUT2D eigenvalue weighted by Gasteiger charge is -2.28. The third-order valence-electron chi connectivity index (χ3n) is 5.46. The number of ether oxygens (including phenoxy) is 2. The molecule has 1 aromatic heterocycles. The third kappa shape index (κ3) is 5.00. The van der Waals surface area contributed by atoms with Gasteiger partial charge in [-0.1, -0.05) is 12.1 Å². The van der Waals surface area contributed by atoms with Crippen LogP contribution in [0.2, 0.25) is 0 Å². The maximum atomic E-state index is 12.7. The normalized spacial score (nSPS) is 18.3. The molecule has 0 radical (unpaired) electrons. The number of aromatic nitrogens is 1. The van der Waals surface area contributed by atoms with Crippen LogP contribution < -0.4 is 25.8 Å². The van der Waals surface area contributed by atoms with Crippen molar-refractivity contribution in [2.45, 2.75) is 38.3 Å². The summed E-state index contributed by atoms with van der Waals surface area (Å²) in [5.41, 5.74) is 7.06. The first kappa shape index (κ1) is 21.4. The van der Waals surface area contributed by atoms with E-state index in [1.807, 2.05) is 6.07 Å². The number of carbonyl (C=O) groups is 2. The molecule has 0 bridgehead atoms. The van der Waals surface area contributed by atoms with Crippen LogP contribution in [0, 0.1) is 5.92 Å². The molecule has 1 aliphatic rings. The van der Waals surface area contributed by atoms with Crippen LogP contribution in [-0.2, 0) is 11.3 Å². The van der Waals surface area contributed by atoms with E-state index in [2.05, 4.69) is 15.6 Å². The van der Waals surface area contributed by atoms with E-state index >= 15 is 0 Å². The standard InChI is InChI=1S/C22H28N4O4/c1-29-18-7-3-6-17(19(18)30-2)22(28)26-16-10-8-14(9-11-16)21(27)25-13-15-5-4-12-24-20(15)23/h3-7,12,14,16H,8-11,13H2,1-2H3,(H2,23,24)(H,25,27)(H,26,28). The second-order valence-electron chi connectivity index (χ2n) is 7.33. The van der Waals surface area contributed by atoms with Crippen molar-refractivity contribution in [1.29, 1.82) is 0 Å². The first-order chi connectivity index (χ1) is 14.5. The Kier molecular flexibility index (Phi) is 7.11. The minimum Gasteiger partial charge on any atom is -0.493 e. The van der Waals surface area contributed by atoms with Crippen molar-refractivity contribution in [3.63, 3.8) is 0 Å². The van der Waals surface area contributed by atoms with Gasteiger partial charge in [0.1, 0.15) is 5.82 Å². The molecule has 0 spiro atoms. The summed E-state index contributed by atoms with van der Waals surface area (Å²) in [5, 5.41) is 6.00. The topological polar surface area (TPSA) is 116 Å². The molecule has 0 atom stereocenters. The smallest absolute Gasteiger partial charge is 0.255 e. The number of hydrogen-bond donors (Lipinski definition) is 3. The van der Waals surface area contributed by atoms with Crippen LogP contribution in [0.15, 0.2) is 36.5 Å². The summed E-state index contributed by atoms with van der Waals surface area (Å²) in [6.07, 6.45) is 4.54. The minimum absolute atomic E-state index is 0.0116. The highest BCUT2D eigenvalue weighted by Crippen LogP contribution is 2.31. The molecule has 0 aliphatic heterocycles. The predicted octanol–water partition coefficient (Wildman–Crippen LogP) is 2.29. The van der Waals surface area contributed by atoms with E-state index in [9.17, 15) is 9.59 Å². The number of hydrogen-bond acceptors (Lipinski definition) is 6. The first-order valence-electron chi connectivity index (χ1n) is 10.0. The molecule has 1 fully saturated rings. The van der Waals surface area contributed by atoms with Gasteiger partial charge in [0.2, 0.25) is 5.91 Å². The molecule has 0 unspecified atom stereocenters. The number of rotatable bonds is 7. The van der Waals surface area contributed by atoms with Gasteiger partial charge < -0.3 is 25.8 Å². The predicted molar refractivity (Wildman–Crippen MR) is 113 cm³/mol. The van der Waals surface area contributed by atoms with Crippen LogP contribution in [-0.4, -0.2) is 37.1 Å². The Bertz CT molecular complexity index is 894. The number of benzene rings is 1. The number of nitrogens with two attached hydrogens (primary N) is 1. The SMILES string of the molecule is COc1cccc(C(=O)NC2CCC(C(=O)NCc3cccnc3N)CC2)c1OC. The van der Waals surface area contributed by atoms with Crippen LogP contribution >= 0.6 is 0 Å². The van der Waals surface area contributed by atoms with Crippen LogP contribution in [0.5, 0.6) is 11.5 Å². The maximum absolute atomic E-state index is 12.7. The number of anilines is 1. The molecule has 8 heteroatoms. The molecule has 30 heavy (non-hydrogen) atoms. The Morgan fingerprint density at radius 3 is 2.53 bits per heavy atom. The van der Waals surface area contributed by atoms with Gasteiger partial charge in [0.05, 0.1) is 19.8 Å². The van der Waals surface area contributed by atoms with E-state index in [0.29, 0.717) is 42.3 Å². The Morgan fingerprint density at radius 1 is 1.10 bits per heavy atom. The fourth-order valence-corrected chi connectivity index (χ4v) is 3.76. The second-order valence-corrected chi connectivity index (χ2v) is 7.33.